The van der Waals surface area contributed by atoms with Gasteiger partial charge in [0.1, 0.15) is 17.9 Å². The van der Waals surface area contributed by atoms with Crippen LogP contribution in [0, 0.1) is 11.3 Å². The van der Waals surface area contributed by atoms with Gasteiger partial charge in [0.15, 0.2) is 5.69 Å². The van der Waals surface area contributed by atoms with Crippen LogP contribution in [0.3, 0.4) is 0 Å². The molecule has 0 atom stereocenters. The van der Waals surface area contributed by atoms with Crippen LogP contribution in [0.1, 0.15) is 28.9 Å². The van der Waals surface area contributed by atoms with E-state index in [1.54, 1.807) is 54.5 Å². The van der Waals surface area contributed by atoms with Crippen LogP contribution in [-0.2, 0) is 11.8 Å². The first kappa shape index (κ1) is 24.0. The van der Waals surface area contributed by atoms with Crippen molar-refractivity contribution in [1.29, 1.82) is 5.26 Å². The van der Waals surface area contributed by atoms with Crippen molar-refractivity contribution in [3.8, 4) is 23.1 Å². The van der Waals surface area contributed by atoms with E-state index in [0.717, 1.165) is 18.4 Å². The van der Waals surface area contributed by atoms with Crippen molar-refractivity contribution in [3.05, 3.63) is 78.2 Å². The molecule has 1 aliphatic rings. The summed E-state index contributed by atoms with van der Waals surface area (Å²) in [5, 5.41) is 19.8. The number of hydrogen-bond acceptors (Lipinski definition) is 8. The van der Waals surface area contributed by atoms with Crippen molar-refractivity contribution >= 4 is 23.2 Å². The van der Waals surface area contributed by atoms with E-state index in [1.165, 1.54) is 0 Å². The van der Waals surface area contributed by atoms with E-state index in [1.807, 2.05) is 24.3 Å². The average Bonchev–Trinajstić information content (AvgIpc) is 3.36. The van der Waals surface area contributed by atoms with Crippen molar-refractivity contribution in [3.63, 3.8) is 0 Å². The number of aryl methyl sites for hydroxylation is 1. The predicted octanol–water partition coefficient (Wildman–Crippen LogP) is 4.30. The molecule has 0 saturated carbocycles. The molecule has 2 aromatic heterocycles. The third-order valence-corrected chi connectivity index (χ3v) is 5.84. The van der Waals surface area contributed by atoms with Gasteiger partial charge < -0.3 is 20.1 Å². The monoisotopic (exact) mass is 495 g/mol. The van der Waals surface area contributed by atoms with Crippen molar-refractivity contribution in [2.24, 2.45) is 7.05 Å². The maximum absolute atomic E-state index is 12.4. The average molecular weight is 496 g/mol. The Morgan fingerprint density at radius 1 is 1.14 bits per heavy atom. The molecule has 0 radical (unpaired) electrons. The fourth-order valence-corrected chi connectivity index (χ4v) is 3.97. The first-order valence-corrected chi connectivity index (χ1v) is 11.9. The number of nitrogens with one attached hydrogen (secondary N) is 2. The Bertz CT molecular complexity index is 1450. The molecule has 10 heteroatoms. The highest BCUT2D eigenvalue weighted by Gasteiger charge is 2.18. The number of carbonyl (C=O) groups is 1. The first-order valence-electron chi connectivity index (χ1n) is 11.9. The Balaban J connectivity index is 1.30. The van der Waals surface area contributed by atoms with E-state index in [-0.39, 0.29) is 12.0 Å². The normalized spacial score (nSPS) is 13.5. The van der Waals surface area contributed by atoms with Crippen LogP contribution in [-0.4, -0.2) is 45.0 Å². The minimum absolute atomic E-state index is 0.0473. The Morgan fingerprint density at radius 2 is 1.97 bits per heavy atom. The lowest BCUT2D eigenvalue weighted by atomic mass is 10.1. The Labute approximate surface area is 213 Å². The van der Waals surface area contributed by atoms with Crippen LogP contribution < -0.4 is 15.4 Å². The number of amides is 1. The van der Waals surface area contributed by atoms with Gasteiger partial charge in [0.05, 0.1) is 24.5 Å². The molecule has 1 fully saturated rings. The zero-order valence-electron chi connectivity index (χ0n) is 20.2. The molecule has 186 valence electrons. The molecule has 10 nitrogen and oxygen atoms in total. The smallest absolute Gasteiger partial charge is 0.276 e. The zero-order valence-corrected chi connectivity index (χ0v) is 20.2. The second-order valence-corrected chi connectivity index (χ2v) is 8.55. The van der Waals surface area contributed by atoms with Crippen LogP contribution in [0.5, 0.6) is 5.75 Å². The van der Waals surface area contributed by atoms with E-state index >= 15 is 0 Å². The Kier molecular flexibility index (Phi) is 7.05. The SMILES string of the molecule is Cn1ccc(C(=O)Nc2cccc(Nc3nccc(-c4ccc(OC5CCOCC5)c(C#N)c4)n3)c2)n1. The molecule has 2 N–H and O–H groups in total. The minimum atomic E-state index is -0.298. The van der Waals surface area contributed by atoms with Gasteiger partial charge in [0.25, 0.3) is 5.91 Å². The molecule has 3 heterocycles. The van der Waals surface area contributed by atoms with E-state index in [2.05, 4.69) is 31.8 Å². The van der Waals surface area contributed by atoms with Gasteiger partial charge in [-0.05, 0) is 48.5 Å². The van der Waals surface area contributed by atoms with Crippen LogP contribution in [0.15, 0.2) is 67.0 Å². The van der Waals surface area contributed by atoms with Crippen molar-refractivity contribution in [2.45, 2.75) is 18.9 Å². The molecule has 37 heavy (non-hydrogen) atoms. The molecular weight excluding hydrogens is 470 g/mol. The molecule has 1 aliphatic heterocycles. The minimum Gasteiger partial charge on any atom is -0.489 e. The molecule has 2 aromatic carbocycles. The van der Waals surface area contributed by atoms with Crippen LogP contribution in [0.4, 0.5) is 17.3 Å². The maximum Gasteiger partial charge on any atom is 0.276 e. The van der Waals surface area contributed by atoms with Gasteiger partial charge in [-0.25, -0.2) is 9.97 Å². The molecule has 4 aromatic rings. The van der Waals surface area contributed by atoms with Crippen LogP contribution >= 0.6 is 0 Å². The van der Waals surface area contributed by atoms with Gasteiger partial charge in [0, 0.05) is 49.2 Å². The first-order chi connectivity index (χ1) is 18.1. The molecule has 0 spiro atoms. The lowest BCUT2D eigenvalue weighted by Crippen LogP contribution is -2.26. The largest absolute Gasteiger partial charge is 0.489 e. The van der Waals surface area contributed by atoms with Gasteiger partial charge in [-0.2, -0.15) is 10.4 Å². The topological polar surface area (TPSA) is 127 Å². The summed E-state index contributed by atoms with van der Waals surface area (Å²) in [6.45, 7) is 1.34. The number of hydrogen-bond donors (Lipinski definition) is 2. The highest BCUT2D eigenvalue weighted by atomic mass is 16.5. The van der Waals surface area contributed by atoms with E-state index in [9.17, 15) is 10.1 Å². The number of carbonyl (C=O) groups excluding carboxylic acids is 1. The number of ether oxygens (including phenoxy) is 2. The predicted molar refractivity (Wildman–Crippen MR) is 138 cm³/mol. The Hall–Kier alpha value is -4.75. The Morgan fingerprint density at radius 3 is 2.76 bits per heavy atom. The van der Waals surface area contributed by atoms with Gasteiger partial charge in [-0.3, -0.25) is 9.48 Å². The molecular formula is C27H25N7O3. The van der Waals surface area contributed by atoms with E-state index < -0.39 is 0 Å². The second-order valence-electron chi connectivity index (χ2n) is 8.55. The molecule has 0 bridgehead atoms. The molecule has 0 unspecified atom stereocenters. The number of benzene rings is 2. The van der Waals surface area contributed by atoms with Gasteiger partial charge in [-0.1, -0.05) is 6.07 Å². The summed E-state index contributed by atoms with van der Waals surface area (Å²) in [6.07, 6.45) is 5.02. The van der Waals surface area contributed by atoms with Gasteiger partial charge in [-0.15, -0.1) is 0 Å². The standard InChI is InChI=1S/C27H25N7O3/c1-34-12-8-24(33-34)26(35)30-20-3-2-4-21(16-20)31-27-29-11-7-23(32-27)18-5-6-25(19(15-18)17-28)37-22-9-13-36-14-10-22/h2-8,11-12,15-16,22H,9-10,13-14H2,1H3,(H,30,35)(H,29,31,32). The third-order valence-electron chi connectivity index (χ3n) is 5.84. The molecule has 1 saturated heterocycles. The zero-order chi connectivity index (χ0) is 25.6. The summed E-state index contributed by atoms with van der Waals surface area (Å²) >= 11 is 0. The summed E-state index contributed by atoms with van der Waals surface area (Å²) in [5.74, 6) is 0.649. The number of nitriles is 1. The highest BCUT2D eigenvalue weighted by molar-refractivity contribution is 6.03. The molecule has 0 aliphatic carbocycles. The van der Waals surface area contributed by atoms with Crippen molar-refractivity contribution in [1.82, 2.24) is 19.7 Å². The third kappa shape index (κ3) is 5.91. The lowest BCUT2D eigenvalue weighted by molar-refractivity contribution is 0.0254. The summed E-state index contributed by atoms with van der Waals surface area (Å²) in [5.41, 5.74) is 3.53. The summed E-state index contributed by atoms with van der Waals surface area (Å²) in [7, 11) is 1.76. The summed E-state index contributed by atoms with van der Waals surface area (Å²) in [6, 6.07) is 18.4. The number of anilines is 3. The summed E-state index contributed by atoms with van der Waals surface area (Å²) in [4.78, 5) is 21.3. The fraction of sp³-hybridized carbons (Fsp3) is 0.222. The second kappa shape index (κ2) is 10.9. The number of nitrogens with zero attached hydrogens (tertiary/aromatic N) is 5. The highest BCUT2D eigenvalue weighted by Crippen LogP contribution is 2.28. The number of rotatable bonds is 7. The lowest BCUT2D eigenvalue weighted by Gasteiger charge is -2.23. The van der Waals surface area contributed by atoms with Crippen molar-refractivity contribution < 1.29 is 14.3 Å². The van der Waals surface area contributed by atoms with E-state index in [0.29, 0.717) is 53.2 Å². The fourth-order valence-electron chi connectivity index (χ4n) is 3.97. The van der Waals surface area contributed by atoms with Gasteiger partial charge in [0.2, 0.25) is 5.95 Å². The van der Waals surface area contributed by atoms with Crippen LogP contribution in [0.2, 0.25) is 0 Å². The molecule has 5 rings (SSSR count). The van der Waals surface area contributed by atoms with Gasteiger partial charge >= 0.3 is 0 Å². The van der Waals surface area contributed by atoms with Crippen LogP contribution in [0.25, 0.3) is 11.3 Å². The number of aromatic nitrogens is 4. The van der Waals surface area contributed by atoms with E-state index in [4.69, 9.17) is 9.47 Å². The summed E-state index contributed by atoms with van der Waals surface area (Å²) < 4.78 is 13.0. The molecule has 1 amide bonds. The maximum atomic E-state index is 12.4. The van der Waals surface area contributed by atoms with Crippen molar-refractivity contribution in [2.75, 3.05) is 23.8 Å². The quantitative estimate of drug-likeness (QED) is 0.388.